The van der Waals surface area contributed by atoms with Gasteiger partial charge in [-0.1, -0.05) is 48.2 Å². The van der Waals surface area contributed by atoms with Gasteiger partial charge in [-0.15, -0.1) is 0 Å². The average molecular weight is 241 g/mol. The van der Waals surface area contributed by atoms with E-state index < -0.39 is 5.97 Å². The number of carbonyl (C=O) groups is 1. The molecular formula is C10H11NO2S2. The second kappa shape index (κ2) is 5.72. The third-order valence-electron chi connectivity index (χ3n) is 1.76. The van der Waals surface area contributed by atoms with Crippen LogP contribution in [-0.2, 0) is 17.0 Å². The second-order valence-corrected chi connectivity index (χ2v) is 4.71. The van der Waals surface area contributed by atoms with Crippen LogP contribution in [0, 0.1) is 0 Å². The van der Waals surface area contributed by atoms with Crippen molar-refractivity contribution >= 4 is 34.3 Å². The summed E-state index contributed by atoms with van der Waals surface area (Å²) < 4.78 is 0.421. The number of carboxylic acids is 1. The van der Waals surface area contributed by atoms with Crippen molar-refractivity contribution < 1.29 is 9.90 Å². The Labute approximate surface area is 97.7 Å². The number of aliphatic carboxylic acids is 1. The van der Waals surface area contributed by atoms with Gasteiger partial charge < -0.3 is 10.8 Å². The first-order valence-corrected chi connectivity index (χ1v) is 5.69. The van der Waals surface area contributed by atoms with Gasteiger partial charge in [0.2, 0.25) is 0 Å². The maximum atomic E-state index is 10.4. The van der Waals surface area contributed by atoms with Gasteiger partial charge in [0.1, 0.15) is 4.32 Å². The second-order valence-electron chi connectivity index (χ2n) is 2.99. The molecule has 0 saturated carbocycles. The van der Waals surface area contributed by atoms with Crippen molar-refractivity contribution in [2.75, 3.05) is 0 Å². The molecule has 15 heavy (non-hydrogen) atoms. The van der Waals surface area contributed by atoms with Gasteiger partial charge in [0.25, 0.3) is 0 Å². The molecule has 1 aromatic rings. The Morgan fingerprint density at radius 3 is 2.33 bits per heavy atom. The van der Waals surface area contributed by atoms with Gasteiger partial charge >= 0.3 is 5.97 Å². The molecule has 3 nitrogen and oxygen atoms in total. The lowest BCUT2D eigenvalue weighted by Crippen LogP contribution is -2.02. The van der Waals surface area contributed by atoms with E-state index in [4.69, 9.17) is 23.1 Å². The van der Waals surface area contributed by atoms with E-state index in [1.165, 1.54) is 11.8 Å². The van der Waals surface area contributed by atoms with Crippen molar-refractivity contribution in [3.8, 4) is 0 Å². The van der Waals surface area contributed by atoms with Gasteiger partial charge in [-0.3, -0.25) is 4.79 Å². The lowest BCUT2D eigenvalue weighted by Gasteiger charge is -2.01. The molecule has 0 saturated heterocycles. The number of hydrogen-bond acceptors (Lipinski definition) is 3. The van der Waals surface area contributed by atoms with Crippen molar-refractivity contribution in [3.63, 3.8) is 0 Å². The smallest absolute Gasteiger partial charge is 0.307 e. The number of nitrogens with two attached hydrogens (primary N) is 1. The van der Waals surface area contributed by atoms with Crippen LogP contribution in [0.1, 0.15) is 11.1 Å². The number of thiocarbonyl (C=S) groups is 1. The zero-order valence-corrected chi connectivity index (χ0v) is 9.61. The standard InChI is InChI=1S/C10H11NO2S2/c11-10(14)15-6-8-3-1-7(2-4-8)5-9(12)13/h1-4H,5-6H2,(H2,11,14)(H,12,13). The lowest BCUT2D eigenvalue weighted by molar-refractivity contribution is -0.136. The minimum absolute atomic E-state index is 0.0583. The maximum Gasteiger partial charge on any atom is 0.307 e. The van der Waals surface area contributed by atoms with Gasteiger partial charge in [-0.2, -0.15) is 0 Å². The summed E-state index contributed by atoms with van der Waals surface area (Å²) in [4.78, 5) is 10.4. The molecule has 5 heteroatoms. The molecule has 1 aromatic carbocycles. The highest BCUT2D eigenvalue weighted by molar-refractivity contribution is 8.22. The predicted octanol–water partition coefficient (Wildman–Crippen LogP) is 1.79. The molecule has 3 N–H and O–H groups in total. The molecule has 0 spiro atoms. The van der Waals surface area contributed by atoms with Gasteiger partial charge in [0.15, 0.2) is 0 Å². The minimum Gasteiger partial charge on any atom is -0.481 e. The third kappa shape index (κ3) is 4.80. The summed E-state index contributed by atoms with van der Waals surface area (Å²) in [6, 6.07) is 7.40. The largest absolute Gasteiger partial charge is 0.481 e. The zero-order valence-electron chi connectivity index (χ0n) is 7.97. The molecule has 0 radical (unpaired) electrons. The fourth-order valence-corrected chi connectivity index (χ4v) is 1.76. The van der Waals surface area contributed by atoms with Crippen molar-refractivity contribution in [1.29, 1.82) is 0 Å². The monoisotopic (exact) mass is 241 g/mol. The SMILES string of the molecule is NC(=S)SCc1ccc(CC(=O)O)cc1. The Kier molecular flexibility index (Phi) is 4.58. The number of rotatable bonds is 4. The first-order chi connectivity index (χ1) is 7.08. The maximum absolute atomic E-state index is 10.4. The summed E-state index contributed by atoms with van der Waals surface area (Å²) in [7, 11) is 0. The summed E-state index contributed by atoms with van der Waals surface area (Å²) in [5.41, 5.74) is 7.24. The molecule has 0 heterocycles. The van der Waals surface area contributed by atoms with Crippen LogP contribution in [0.4, 0.5) is 0 Å². The van der Waals surface area contributed by atoms with E-state index in [1.807, 2.05) is 24.3 Å². The molecule has 0 amide bonds. The van der Waals surface area contributed by atoms with Gasteiger partial charge in [-0.05, 0) is 11.1 Å². The summed E-state index contributed by atoms with van der Waals surface area (Å²) in [5, 5.41) is 8.57. The molecule has 0 atom stereocenters. The van der Waals surface area contributed by atoms with Crippen molar-refractivity contribution in [3.05, 3.63) is 35.4 Å². The normalized spacial score (nSPS) is 9.87. The molecule has 1 rings (SSSR count). The highest BCUT2D eigenvalue weighted by atomic mass is 32.2. The molecule has 80 valence electrons. The van der Waals surface area contributed by atoms with Gasteiger partial charge in [-0.25, -0.2) is 0 Å². The minimum atomic E-state index is -0.819. The lowest BCUT2D eigenvalue weighted by atomic mass is 10.1. The first-order valence-electron chi connectivity index (χ1n) is 4.30. The average Bonchev–Trinajstić information content (AvgIpc) is 2.16. The van der Waals surface area contributed by atoms with E-state index >= 15 is 0 Å². The van der Waals surface area contributed by atoms with E-state index in [0.717, 1.165) is 16.9 Å². The van der Waals surface area contributed by atoms with E-state index in [1.54, 1.807) is 0 Å². The number of hydrogen-bond donors (Lipinski definition) is 2. The van der Waals surface area contributed by atoms with Crippen LogP contribution in [0.3, 0.4) is 0 Å². The van der Waals surface area contributed by atoms with E-state index in [0.29, 0.717) is 4.32 Å². The van der Waals surface area contributed by atoms with E-state index in [9.17, 15) is 4.79 Å². The first kappa shape index (κ1) is 12.0. The number of benzene rings is 1. The number of carboxylic acid groups (broad SMARTS) is 1. The van der Waals surface area contributed by atoms with E-state index in [-0.39, 0.29) is 6.42 Å². The topological polar surface area (TPSA) is 63.3 Å². The van der Waals surface area contributed by atoms with Crippen LogP contribution in [-0.4, -0.2) is 15.4 Å². The predicted molar refractivity (Wildman–Crippen MR) is 65.9 cm³/mol. The third-order valence-corrected chi connectivity index (χ3v) is 2.88. The highest BCUT2D eigenvalue weighted by Gasteiger charge is 2.00. The van der Waals surface area contributed by atoms with Crippen LogP contribution in [0.2, 0.25) is 0 Å². The Balaban J connectivity index is 2.56. The van der Waals surface area contributed by atoms with Crippen LogP contribution < -0.4 is 5.73 Å². The zero-order chi connectivity index (χ0) is 11.3. The van der Waals surface area contributed by atoms with Crippen molar-refractivity contribution in [2.24, 2.45) is 5.73 Å². The quantitative estimate of drug-likeness (QED) is 0.787. The Bertz CT molecular complexity index is 362. The Morgan fingerprint density at radius 2 is 1.87 bits per heavy atom. The van der Waals surface area contributed by atoms with Gasteiger partial charge in [0.05, 0.1) is 6.42 Å². The molecule has 0 aliphatic heterocycles. The van der Waals surface area contributed by atoms with Crippen LogP contribution in [0.15, 0.2) is 24.3 Å². The van der Waals surface area contributed by atoms with Gasteiger partial charge in [0, 0.05) is 5.75 Å². The molecule has 0 aliphatic carbocycles. The van der Waals surface area contributed by atoms with Crippen LogP contribution in [0.5, 0.6) is 0 Å². The summed E-state index contributed by atoms with van der Waals surface area (Å²) in [6.07, 6.45) is 0.0583. The van der Waals surface area contributed by atoms with E-state index in [2.05, 4.69) is 0 Å². The summed E-state index contributed by atoms with van der Waals surface area (Å²) in [6.45, 7) is 0. The fourth-order valence-electron chi connectivity index (χ4n) is 1.08. The summed E-state index contributed by atoms with van der Waals surface area (Å²) in [5.74, 6) is -0.0943. The van der Waals surface area contributed by atoms with Crippen molar-refractivity contribution in [2.45, 2.75) is 12.2 Å². The number of thioether (sulfide) groups is 1. The fraction of sp³-hybridized carbons (Fsp3) is 0.200. The Morgan fingerprint density at radius 1 is 1.33 bits per heavy atom. The van der Waals surface area contributed by atoms with Crippen LogP contribution >= 0.6 is 24.0 Å². The summed E-state index contributed by atoms with van der Waals surface area (Å²) >= 11 is 6.14. The molecule has 0 aromatic heterocycles. The molecule has 0 bridgehead atoms. The van der Waals surface area contributed by atoms with Crippen molar-refractivity contribution in [1.82, 2.24) is 0 Å². The molecule has 0 aliphatic rings. The molecule has 0 fully saturated rings. The molecule has 0 unspecified atom stereocenters. The molecular weight excluding hydrogens is 230 g/mol. The van der Waals surface area contributed by atoms with Crippen LogP contribution in [0.25, 0.3) is 0 Å². The highest BCUT2D eigenvalue weighted by Crippen LogP contribution is 2.13. The Hall–Kier alpha value is -1.07.